The highest BCUT2D eigenvalue weighted by Crippen LogP contribution is 2.32. The number of carboxylic acid groups (broad SMARTS) is 2. The minimum Gasteiger partial charge on any atom is -0.481 e. The van der Waals surface area contributed by atoms with E-state index in [0.29, 0.717) is 67.6 Å². The third-order valence-corrected chi connectivity index (χ3v) is 10.2. The molecule has 0 aromatic carbocycles. The molecule has 5 unspecified atom stereocenters. The Bertz CT molecular complexity index is 2110. The molecule has 3 aliphatic rings. The highest BCUT2D eigenvalue weighted by molar-refractivity contribution is 6.03. The number of rotatable bonds is 14. The first-order valence-corrected chi connectivity index (χ1v) is 17.4. The van der Waals surface area contributed by atoms with Crippen LogP contribution in [0.3, 0.4) is 0 Å². The standard InChI is InChI=1S/C39H44N4O12/c1-7-20-19(6)36(49)43-27(20)14-25-17(4)22(9-11-30(44)45)28(41-25)15-29-23(18(5)24(40-29)13-26-16(3)21(8-2)37(50)42-26)10-12-31(46)54-35-33(48)32(47)34(38(51)52)55-39(35)53/h7-8,13-14,32-35,39-41,47-48,53H,1-2,9-12,15H2,3-6H3,(H,42,50)(H,43,49)(H,44,45)(H,51,52). The van der Waals surface area contributed by atoms with Gasteiger partial charge in [0.25, 0.3) is 11.8 Å². The Morgan fingerprint density at radius 3 is 1.84 bits per heavy atom. The van der Waals surface area contributed by atoms with E-state index in [9.17, 15) is 49.5 Å². The van der Waals surface area contributed by atoms with E-state index < -0.39 is 48.6 Å². The fourth-order valence-corrected chi connectivity index (χ4v) is 7.00. The summed E-state index contributed by atoms with van der Waals surface area (Å²) in [4.78, 5) is 68.0. The van der Waals surface area contributed by atoms with Gasteiger partial charge in [-0.1, -0.05) is 25.3 Å². The smallest absolute Gasteiger partial charge is 0.335 e. The molecule has 2 aromatic heterocycles. The summed E-state index contributed by atoms with van der Waals surface area (Å²) in [6.45, 7) is 14.7. The van der Waals surface area contributed by atoms with Crippen LogP contribution in [0.15, 0.2) is 59.0 Å². The number of carboxylic acids is 2. The Kier molecular flexibility index (Phi) is 12.0. The summed E-state index contributed by atoms with van der Waals surface area (Å²) < 4.78 is 10.2. The van der Waals surface area contributed by atoms with Crippen molar-refractivity contribution in [1.29, 1.82) is 0 Å². The Morgan fingerprint density at radius 2 is 1.31 bits per heavy atom. The van der Waals surface area contributed by atoms with Gasteiger partial charge in [-0.25, -0.2) is 4.79 Å². The van der Waals surface area contributed by atoms with Gasteiger partial charge in [-0.05, 0) is 80.5 Å². The molecule has 9 N–H and O–H groups in total. The van der Waals surface area contributed by atoms with Crippen molar-refractivity contribution in [3.05, 3.63) is 104 Å². The summed E-state index contributed by atoms with van der Waals surface area (Å²) in [7, 11) is 0. The van der Waals surface area contributed by atoms with E-state index in [0.717, 1.165) is 11.1 Å². The minimum atomic E-state index is -2.02. The first-order chi connectivity index (χ1) is 26.0. The largest absolute Gasteiger partial charge is 0.481 e. The van der Waals surface area contributed by atoms with Gasteiger partial charge < -0.3 is 55.6 Å². The highest BCUT2D eigenvalue weighted by Gasteiger charge is 2.49. The van der Waals surface area contributed by atoms with Crippen molar-refractivity contribution >= 4 is 41.9 Å². The number of carbonyl (C=O) groups excluding carboxylic acids is 3. The Balaban J connectivity index is 1.51. The van der Waals surface area contributed by atoms with E-state index in [2.05, 4.69) is 33.8 Å². The van der Waals surface area contributed by atoms with Crippen LogP contribution < -0.4 is 10.6 Å². The monoisotopic (exact) mass is 760 g/mol. The third kappa shape index (κ3) is 8.17. The third-order valence-electron chi connectivity index (χ3n) is 10.2. The van der Waals surface area contributed by atoms with Gasteiger partial charge in [0.15, 0.2) is 18.5 Å². The molecular weight excluding hydrogens is 716 g/mol. The molecule has 2 aromatic rings. The van der Waals surface area contributed by atoms with Gasteiger partial charge in [0.1, 0.15) is 12.2 Å². The van der Waals surface area contributed by atoms with Gasteiger partial charge >= 0.3 is 17.9 Å². The molecule has 0 bridgehead atoms. The van der Waals surface area contributed by atoms with Gasteiger partial charge in [-0.15, -0.1) is 0 Å². The second-order valence-electron chi connectivity index (χ2n) is 13.5. The van der Waals surface area contributed by atoms with Crippen molar-refractivity contribution in [3.63, 3.8) is 0 Å². The molecule has 1 fully saturated rings. The number of aromatic amines is 2. The maximum absolute atomic E-state index is 13.1. The number of hydrogen-bond donors (Lipinski definition) is 9. The van der Waals surface area contributed by atoms with Crippen LogP contribution in [0, 0.1) is 13.8 Å². The van der Waals surface area contributed by atoms with E-state index in [1.807, 2.05) is 13.8 Å². The lowest BCUT2D eigenvalue weighted by Gasteiger charge is -2.38. The van der Waals surface area contributed by atoms with Gasteiger partial charge in [-0.2, -0.15) is 0 Å². The maximum Gasteiger partial charge on any atom is 0.335 e. The fraction of sp³-hybridized carbons (Fsp3) is 0.359. The number of amides is 2. The van der Waals surface area contributed by atoms with Gasteiger partial charge in [0, 0.05) is 64.5 Å². The lowest BCUT2D eigenvalue weighted by atomic mass is 9.97. The van der Waals surface area contributed by atoms with Crippen molar-refractivity contribution in [3.8, 4) is 0 Å². The summed E-state index contributed by atoms with van der Waals surface area (Å²) in [5.41, 5.74) is 8.78. The maximum atomic E-state index is 13.1. The minimum absolute atomic E-state index is 0.0681. The van der Waals surface area contributed by atoms with Crippen molar-refractivity contribution in [2.45, 2.75) is 90.5 Å². The number of aromatic nitrogens is 2. The number of aliphatic carboxylic acids is 2. The first kappa shape index (κ1) is 40.4. The molecule has 0 spiro atoms. The summed E-state index contributed by atoms with van der Waals surface area (Å²) >= 11 is 0. The van der Waals surface area contributed by atoms with Crippen LogP contribution in [-0.2, 0) is 52.7 Å². The number of hydrogen-bond acceptors (Lipinski definition) is 10. The Hall–Kier alpha value is -5.81. The lowest BCUT2D eigenvalue weighted by molar-refractivity contribution is -0.284. The summed E-state index contributed by atoms with van der Waals surface area (Å²) in [5.74, 6) is -4.06. The molecule has 3 aliphatic heterocycles. The highest BCUT2D eigenvalue weighted by atomic mass is 16.7. The van der Waals surface area contributed by atoms with E-state index in [4.69, 9.17) is 9.47 Å². The molecule has 5 heterocycles. The zero-order valence-electron chi connectivity index (χ0n) is 30.7. The molecule has 0 radical (unpaired) electrons. The fourth-order valence-electron chi connectivity index (χ4n) is 7.00. The van der Waals surface area contributed by atoms with E-state index in [-0.39, 0.29) is 43.9 Å². The number of ether oxygens (including phenoxy) is 2. The second kappa shape index (κ2) is 16.3. The molecule has 0 saturated carbocycles. The first-order valence-electron chi connectivity index (χ1n) is 17.4. The second-order valence-corrected chi connectivity index (χ2v) is 13.5. The zero-order valence-corrected chi connectivity index (χ0v) is 30.7. The van der Waals surface area contributed by atoms with Crippen molar-refractivity contribution in [2.24, 2.45) is 0 Å². The molecular formula is C39H44N4O12. The van der Waals surface area contributed by atoms with Crippen LogP contribution in [0.5, 0.6) is 0 Å². The van der Waals surface area contributed by atoms with Gasteiger partial charge in [-0.3, -0.25) is 19.2 Å². The van der Waals surface area contributed by atoms with E-state index in [1.165, 1.54) is 6.08 Å². The molecule has 55 heavy (non-hydrogen) atoms. The quantitative estimate of drug-likeness (QED) is 0.125. The number of carbonyl (C=O) groups is 5. The van der Waals surface area contributed by atoms with Crippen LogP contribution in [0.25, 0.3) is 12.2 Å². The normalized spacial score (nSPS) is 24.1. The van der Waals surface area contributed by atoms with Crippen molar-refractivity contribution in [2.75, 3.05) is 0 Å². The SMILES string of the molecule is C=CC1=C(C)C(=Cc2[nH]c(Cc3[nH]c(C=C4NC(=O)C(C)=C4C=C)c(C)c3CCC(=O)O)c(CCC(=O)OC3C(O)OC(C(=O)O)C(O)C3O)c2C)NC1=O. The number of esters is 1. The molecule has 1 saturated heterocycles. The van der Waals surface area contributed by atoms with Crippen LogP contribution in [0.2, 0.25) is 0 Å². The van der Waals surface area contributed by atoms with Gasteiger partial charge in [0.05, 0.1) is 5.70 Å². The van der Waals surface area contributed by atoms with Crippen molar-refractivity contribution in [1.82, 2.24) is 20.6 Å². The van der Waals surface area contributed by atoms with Gasteiger partial charge in [0.2, 0.25) is 0 Å². The van der Waals surface area contributed by atoms with Crippen LogP contribution in [-0.4, -0.2) is 95.9 Å². The average molecular weight is 761 g/mol. The Morgan fingerprint density at radius 1 is 0.764 bits per heavy atom. The predicted molar refractivity (Wildman–Crippen MR) is 197 cm³/mol. The van der Waals surface area contributed by atoms with Crippen LogP contribution >= 0.6 is 0 Å². The number of aliphatic hydroxyl groups excluding tert-OH is 3. The summed E-state index contributed by atoms with van der Waals surface area (Å²) in [6, 6.07) is 0. The number of H-pyrrole nitrogens is 2. The molecule has 5 atom stereocenters. The van der Waals surface area contributed by atoms with E-state index >= 15 is 0 Å². The molecule has 16 heteroatoms. The average Bonchev–Trinajstić information content (AvgIpc) is 3.77. The number of aliphatic hydroxyl groups is 3. The van der Waals surface area contributed by atoms with Crippen LogP contribution in [0.4, 0.5) is 0 Å². The lowest BCUT2D eigenvalue weighted by Crippen LogP contribution is -2.60. The molecule has 5 rings (SSSR count). The van der Waals surface area contributed by atoms with Crippen LogP contribution in [0.1, 0.15) is 71.7 Å². The molecule has 2 amide bonds. The predicted octanol–water partition coefficient (Wildman–Crippen LogP) is 1.88. The van der Waals surface area contributed by atoms with E-state index in [1.54, 1.807) is 32.1 Å². The summed E-state index contributed by atoms with van der Waals surface area (Å²) in [6.07, 6.45) is -3.04. The van der Waals surface area contributed by atoms with Crippen molar-refractivity contribution < 1.29 is 59.0 Å². The molecule has 0 aliphatic carbocycles. The zero-order chi connectivity index (χ0) is 40.5. The number of nitrogens with one attached hydrogen (secondary N) is 4. The number of allylic oxidation sites excluding steroid dienone is 2. The molecule has 292 valence electrons. The topological polar surface area (TPSA) is 261 Å². The summed E-state index contributed by atoms with van der Waals surface area (Å²) in [5, 5.41) is 55.4. The Labute approximate surface area is 315 Å². The molecule has 16 nitrogen and oxygen atoms in total.